The molecule has 0 aromatic heterocycles. The first-order chi connectivity index (χ1) is 12.5. The Morgan fingerprint density at radius 3 is 2.56 bits per heavy atom. The van der Waals surface area contributed by atoms with E-state index in [2.05, 4.69) is 6.58 Å². The molecule has 2 aliphatic heterocycles. The van der Waals surface area contributed by atoms with E-state index in [1.807, 2.05) is 33.8 Å². The lowest BCUT2D eigenvalue weighted by atomic mass is 9.35. The minimum absolute atomic E-state index is 0.0450. The summed E-state index contributed by atoms with van der Waals surface area (Å²) in [6.45, 7) is 11.9. The summed E-state index contributed by atoms with van der Waals surface area (Å²) >= 11 is 0. The maximum atomic E-state index is 13.3. The molecular weight excluding hydrogens is 344 g/mol. The van der Waals surface area contributed by atoms with E-state index in [9.17, 15) is 20.1 Å². The quantitative estimate of drug-likeness (QED) is 0.643. The Hall–Kier alpha value is -1.01. The van der Waals surface area contributed by atoms with Gasteiger partial charge in [0, 0.05) is 11.8 Å². The number of carbonyl (C=O) groups excluding carboxylic acids is 1. The van der Waals surface area contributed by atoms with Crippen LogP contribution >= 0.6 is 0 Å². The second-order valence-electron chi connectivity index (χ2n) is 9.89. The molecule has 0 unspecified atom stereocenters. The maximum absolute atomic E-state index is 13.3. The van der Waals surface area contributed by atoms with Gasteiger partial charge < -0.3 is 20.1 Å². The number of hydrogen-bond donors (Lipinski definition) is 3. The second kappa shape index (κ2) is 5.53. The van der Waals surface area contributed by atoms with Crippen molar-refractivity contribution in [2.24, 2.45) is 34.0 Å². The number of ether oxygens (including phenoxy) is 1. The van der Waals surface area contributed by atoms with Crippen LogP contribution in [0.5, 0.6) is 0 Å². The number of aliphatic hydroxyl groups excluding tert-OH is 2. The minimum Gasteiger partial charge on any atom is -0.392 e. The molecular formula is C22H32O5. The molecule has 8 atom stereocenters. The van der Waals surface area contributed by atoms with Crippen LogP contribution in [0.1, 0.15) is 47.0 Å². The van der Waals surface area contributed by atoms with Gasteiger partial charge in [0.05, 0.1) is 23.5 Å². The van der Waals surface area contributed by atoms with Crippen molar-refractivity contribution >= 4 is 5.78 Å². The summed E-state index contributed by atoms with van der Waals surface area (Å²) in [7, 11) is 0. The fourth-order valence-corrected chi connectivity index (χ4v) is 7.39. The summed E-state index contributed by atoms with van der Waals surface area (Å²) in [5.41, 5.74) is -1.61. The lowest BCUT2D eigenvalue weighted by Gasteiger charge is -2.74. The first-order valence-corrected chi connectivity index (χ1v) is 10.1. The molecule has 3 aliphatic carbocycles. The fourth-order valence-electron chi connectivity index (χ4n) is 7.39. The number of aliphatic hydroxyl groups is 3. The van der Waals surface area contributed by atoms with Crippen molar-refractivity contribution in [2.75, 3.05) is 6.61 Å². The second-order valence-corrected chi connectivity index (χ2v) is 9.89. The molecule has 2 saturated carbocycles. The number of fused-ring (bicyclic) bond motifs is 1. The van der Waals surface area contributed by atoms with Gasteiger partial charge in [0.2, 0.25) is 5.79 Å². The summed E-state index contributed by atoms with van der Waals surface area (Å²) in [5.74, 6) is -2.80. The van der Waals surface area contributed by atoms with Gasteiger partial charge in [-0.15, -0.1) is 0 Å². The van der Waals surface area contributed by atoms with E-state index in [1.165, 1.54) is 0 Å². The van der Waals surface area contributed by atoms with Crippen molar-refractivity contribution in [3.8, 4) is 0 Å². The molecule has 0 amide bonds. The molecule has 1 spiro atoms. The highest BCUT2D eigenvalue weighted by molar-refractivity contribution is 5.97. The molecule has 5 heteroatoms. The Morgan fingerprint density at radius 2 is 1.96 bits per heavy atom. The van der Waals surface area contributed by atoms with Gasteiger partial charge in [0.1, 0.15) is 6.10 Å². The first-order valence-electron chi connectivity index (χ1n) is 10.1. The first kappa shape index (κ1) is 19.3. The highest BCUT2D eigenvalue weighted by atomic mass is 16.6. The van der Waals surface area contributed by atoms with E-state index >= 15 is 0 Å². The third-order valence-corrected chi connectivity index (χ3v) is 8.53. The molecule has 5 rings (SSSR count). The minimum atomic E-state index is -1.88. The van der Waals surface area contributed by atoms with Gasteiger partial charge in [0.25, 0.3) is 0 Å². The summed E-state index contributed by atoms with van der Waals surface area (Å²) in [4.78, 5) is 13.3. The van der Waals surface area contributed by atoms with Gasteiger partial charge in [0.15, 0.2) is 5.78 Å². The lowest BCUT2D eigenvalue weighted by Crippen LogP contribution is -2.84. The Balaban J connectivity index is 1.98. The van der Waals surface area contributed by atoms with Gasteiger partial charge in [-0.25, -0.2) is 0 Å². The summed E-state index contributed by atoms with van der Waals surface area (Å²) < 4.78 is 5.92. The van der Waals surface area contributed by atoms with Gasteiger partial charge >= 0.3 is 0 Å². The van der Waals surface area contributed by atoms with Crippen molar-refractivity contribution in [3.63, 3.8) is 0 Å². The van der Waals surface area contributed by atoms with Crippen LogP contribution in [-0.4, -0.2) is 45.7 Å². The molecule has 27 heavy (non-hydrogen) atoms. The molecule has 0 aromatic carbocycles. The lowest BCUT2D eigenvalue weighted by molar-refractivity contribution is -0.451. The van der Waals surface area contributed by atoms with Gasteiger partial charge in [-0.2, -0.15) is 0 Å². The number of carbonyl (C=O) groups is 1. The molecule has 2 heterocycles. The topological polar surface area (TPSA) is 87.0 Å². The Morgan fingerprint density at radius 1 is 1.30 bits per heavy atom. The summed E-state index contributed by atoms with van der Waals surface area (Å²) in [5, 5.41) is 34.6. The molecule has 5 aliphatic rings. The average Bonchev–Trinajstić information content (AvgIpc) is 2.60. The molecule has 0 aromatic rings. The SMILES string of the molecule is C=C(C)[C@@H]1CC[C@H]2[C@@]34CO[C@@](O)([C@@H](O)[C@@H]3C(C)(C)C=CC4=O)[C@@]2(CC)[C@@H]1O. The average molecular weight is 376 g/mol. The largest absolute Gasteiger partial charge is 0.392 e. The zero-order valence-corrected chi connectivity index (χ0v) is 16.7. The fraction of sp³-hybridized carbons (Fsp3) is 0.773. The van der Waals surface area contributed by atoms with Crippen LogP contribution in [0.3, 0.4) is 0 Å². The zero-order chi connectivity index (χ0) is 20.0. The molecule has 0 radical (unpaired) electrons. The van der Waals surface area contributed by atoms with Gasteiger partial charge in [-0.05, 0) is 43.6 Å². The van der Waals surface area contributed by atoms with Crippen molar-refractivity contribution in [1.29, 1.82) is 0 Å². The highest BCUT2D eigenvalue weighted by Crippen LogP contribution is 2.73. The van der Waals surface area contributed by atoms with E-state index in [0.29, 0.717) is 12.8 Å². The van der Waals surface area contributed by atoms with E-state index in [-0.39, 0.29) is 24.2 Å². The molecule has 4 fully saturated rings. The van der Waals surface area contributed by atoms with E-state index in [4.69, 9.17) is 4.74 Å². The van der Waals surface area contributed by atoms with E-state index in [0.717, 1.165) is 12.0 Å². The number of rotatable bonds is 2. The van der Waals surface area contributed by atoms with Crippen LogP contribution < -0.4 is 0 Å². The van der Waals surface area contributed by atoms with Gasteiger partial charge in [-0.3, -0.25) is 4.79 Å². The smallest absolute Gasteiger partial charge is 0.200 e. The monoisotopic (exact) mass is 376 g/mol. The molecule has 2 bridgehead atoms. The molecule has 150 valence electrons. The number of ketones is 1. The standard InChI is InChI=1S/C22H32O5/c1-6-21-14(8-7-13(12(2)3)17(21)24)20-11-27-22(21,26)18(25)16(20)19(4,5)10-9-15(20)23/h9-10,13-14,16-18,24-26H,2,6-8,11H2,1,3-5H3/t13-,14-,16+,17+,18-,20+,21+,22-/m0/s1. The van der Waals surface area contributed by atoms with Crippen molar-refractivity contribution in [1.82, 2.24) is 0 Å². The third kappa shape index (κ3) is 1.92. The normalized spacial score (nSPS) is 53.0. The zero-order valence-electron chi connectivity index (χ0n) is 16.7. The Labute approximate surface area is 161 Å². The highest BCUT2D eigenvalue weighted by Gasteiger charge is 2.82. The van der Waals surface area contributed by atoms with Crippen molar-refractivity contribution < 1.29 is 24.9 Å². The predicted octanol–water partition coefficient (Wildman–Crippen LogP) is 2.21. The van der Waals surface area contributed by atoms with Crippen LogP contribution in [0.25, 0.3) is 0 Å². The summed E-state index contributed by atoms with van der Waals surface area (Å²) in [6.07, 6.45) is 3.15. The van der Waals surface area contributed by atoms with Crippen LogP contribution in [0.4, 0.5) is 0 Å². The molecule has 2 saturated heterocycles. The van der Waals surface area contributed by atoms with Crippen LogP contribution in [0.2, 0.25) is 0 Å². The van der Waals surface area contributed by atoms with Crippen LogP contribution in [-0.2, 0) is 9.53 Å². The van der Waals surface area contributed by atoms with Crippen molar-refractivity contribution in [2.45, 2.75) is 65.0 Å². The van der Waals surface area contributed by atoms with Gasteiger partial charge in [-0.1, -0.05) is 39.0 Å². The van der Waals surface area contributed by atoms with Crippen molar-refractivity contribution in [3.05, 3.63) is 24.3 Å². The summed E-state index contributed by atoms with van der Waals surface area (Å²) in [6, 6.07) is 0. The van der Waals surface area contributed by atoms with Crippen LogP contribution in [0, 0.1) is 34.0 Å². The van der Waals surface area contributed by atoms with E-state index in [1.54, 1.807) is 6.08 Å². The molecule has 5 nitrogen and oxygen atoms in total. The Bertz CT molecular complexity index is 726. The maximum Gasteiger partial charge on any atom is 0.200 e. The van der Waals surface area contributed by atoms with E-state index < -0.39 is 40.2 Å². The number of allylic oxidation sites excluding steroid dienone is 2. The predicted molar refractivity (Wildman–Crippen MR) is 101 cm³/mol. The number of hydrogen-bond acceptors (Lipinski definition) is 5. The van der Waals surface area contributed by atoms with Crippen LogP contribution in [0.15, 0.2) is 24.3 Å². The Kier molecular flexibility index (Phi) is 3.96. The third-order valence-electron chi connectivity index (χ3n) is 8.53. The molecule has 3 N–H and O–H groups in total.